The fraction of sp³-hybridized carbons (Fsp3) is 0.474. The summed E-state index contributed by atoms with van der Waals surface area (Å²) in [6.45, 7) is 4.31. The molecule has 1 unspecified atom stereocenters. The van der Waals surface area contributed by atoms with Crippen molar-refractivity contribution in [2.24, 2.45) is 11.7 Å². The first-order valence-corrected chi connectivity index (χ1v) is 9.01. The number of ether oxygens (including phenoxy) is 1. The first-order valence-electron chi connectivity index (χ1n) is 8.63. The Hall–Kier alpha value is -1.89. The van der Waals surface area contributed by atoms with Gasteiger partial charge < -0.3 is 15.4 Å². The van der Waals surface area contributed by atoms with E-state index in [-0.39, 0.29) is 11.8 Å². The van der Waals surface area contributed by atoms with Crippen LogP contribution < -0.4 is 5.73 Å². The quantitative estimate of drug-likeness (QED) is 0.442. The van der Waals surface area contributed by atoms with E-state index in [4.69, 9.17) is 22.1 Å². The Morgan fingerprint density at radius 3 is 2.42 bits per heavy atom. The van der Waals surface area contributed by atoms with Gasteiger partial charge in [-0.15, -0.1) is 0 Å². The Labute approximate surface area is 159 Å². The zero-order valence-electron chi connectivity index (χ0n) is 15.3. The lowest BCUT2D eigenvalue weighted by atomic mass is 10.0. The number of methoxy groups -OCH3 is 1. The number of likely N-dealkylation sites (N-methyl/N-ethyl adjacent to an activating group) is 1. The van der Waals surface area contributed by atoms with Gasteiger partial charge in [0.2, 0.25) is 0 Å². The lowest BCUT2D eigenvalue weighted by Crippen LogP contribution is -2.47. The number of hydrogen-bond donors (Lipinski definition) is 1. The Kier molecular flexibility index (Phi) is 7.63. The van der Waals surface area contributed by atoms with Gasteiger partial charge in [0.05, 0.1) is 13.0 Å². The molecule has 1 heterocycles. The Bertz CT molecular complexity index is 652. The molecule has 1 aliphatic rings. The Morgan fingerprint density at radius 2 is 1.85 bits per heavy atom. The first kappa shape index (κ1) is 20.4. The van der Waals surface area contributed by atoms with Crippen LogP contribution in [-0.2, 0) is 9.53 Å². The second-order valence-corrected chi connectivity index (χ2v) is 7.05. The maximum absolute atomic E-state index is 12.3. The van der Waals surface area contributed by atoms with Crippen molar-refractivity contribution in [2.45, 2.75) is 6.42 Å². The van der Waals surface area contributed by atoms with Crippen LogP contribution in [0, 0.1) is 5.92 Å². The third-order valence-electron chi connectivity index (χ3n) is 4.54. The third kappa shape index (κ3) is 6.12. The molecule has 0 aromatic heterocycles. The van der Waals surface area contributed by atoms with Gasteiger partial charge in [-0.1, -0.05) is 11.6 Å². The van der Waals surface area contributed by atoms with Gasteiger partial charge in [-0.2, -0.15) is 0 Å². The van der Waals surface area contributed by atoms with Crippen molar-refractivity contribution in [1.82, 2.24) is 9.80 Å². The number of carbonyl (C=O) groups is 2. The minimum atomic E-state index is -0.391. The highest BCUT2D eigenvalue weighted by Crippen LogP contribution is 2.16. The fourth-order valence-electron chi connectivity index (χ4n) is 2.94. The summed E-state index contributed by atoms with van der Waals surface area (Å²) in [6, 6.07) is 6.61. The van der Waals surface area contributed by atoms with Crippen LogP contribution in [0.3, 0.4) is 0 Å². The molecule has 0 amide bonds. The molecule has 1 aromatic carbocycles. The molecule has 1 aliphatic heterocycles. The zero-order valence-corrected chi connectivity index (χ0v) is 16.0. The minimum Gasteiger partial charge on any atom is -0.469 e. The zero-order chi connectivity index (χ0) is 19.1. The van der Waals surface area contributed by atoms with E-state index in [1.807, 2.05) is 0 Å². The smallest absolute Gasteiger partial charge is 0.310 e. The third-order valence-corrected chi connectivity index (χ3v) is 4.79. The number of allylic oxidation sites excluding steroid dienone is 2. The molecule has 2 N–H and O–H groups in total. The summed E-state index contributed by atoms with van der Waals surface area (Å²) >= 11 is 5.83. The van der Waals surface area contributed by atoms with E-state index in [1.54, 1.807) is 24.3 Å². The second-order valence-electron chi connectivity index (χ2n) is 6.62. The summed E-state index contributed by atoms with van der Waals surface area (Å²) in [5.41, 5.74) is 6.92. The molecule has 6 nitrogen and oxygen atoms in total. The van der Waals surface area contributed by atoms with E-state index in [1.165, 1.54) is 13.2 Å². The number of esters is 1. The maximum Gasteiger partial charge on any atom is 0.310 e. The molecule has 7 heteroatoms. The number of piperazine rings is 1. The number of rotatable bonds is 7. The predicted octanol–water partition coefficient (Wildman–Crippen LogP) is 1.79. The highest BCUT2D eigenvalue weighted by molar-refractivity contribution is 6.30. The number of benzene rings is 1. The first-order chi connectivity index (χ1) is 12.4. The minimum absolute atomic E-state index is 0.206. The van der Waals surface area contributed by atoms with Crippen molar-refractivity contribution in [3.8, 4) is 0 Å². The molecule has 0 aliphatic carbocycles. The highest BCUT2D eigenvalue weighted by Gasteiger charge is 2.25. The number of hydrogen-bond acceptors (Lipinski definition) is 6. The fourth-order valence-corrected chi connectivity index (χ4v) is 3.07. The molecule has 26 heavy (non-hydrogen) atoms. The van der Waals surface area contributed by atoms with Crippen molar-refractivity contribution in [3.63, 3.8) is 0 Å². The van der Waals surface area contributed by atoms with Crippen LogP contribution in [0.2, 0.25) is 5.02 Å². The molecule has 142 valence electrons. The molecule has 1 fully saturated rings. The number of halogens is 1. The van der Waals surface area contributed by atoms with Gasteiger partial charge in [-0.3, -0.25) is 14.5 Å². The van der Waals surface area contributed by atoms with E-state index in [0.717, 1.165) is 26.2 Å². The van der Waals surface area contributed by atoms with E-state index >= 15 is 0 Å². The summed E-state index contributed by atoms with van der Waals surface area (Å²) in [5.74, 6) is -0.903. The van der Waals surface area contributed by atoms with Crippen molar-refractivity contribution in [2.75, 3.05) is 46.9 Å². The van der Waals surface area contributed by atoms with Crippen LogP contribution in [0.25, 0.3) is 0 Å². The average Bonchev–Trinajstić information content (AvgIpc) is 2.62. The lowest BCUT2D eigenvalue weighted by molar-refractivity contribution is -0.146. The van der Waals surface area contributed by atoms with Crippen molar-refractivity contribution in [3.05, 3.63) is 46.6 Å². The maximum atomic E-state index is 12.3. The number of nitrogens with zero attached hydrogens (tertiary/aromatic N) is 2. The van der Waals surface area contributed by atoms with E-state index in [2.05, 4.69) is 16.8 Å². The summed E-state index contributed by atoms with van der Waals surface area (Å²) < 4.78 is 4.92. The lowest BCUT2D eigenvalue weighted by Gasteiger charge is -2.34. The van der Waals surface area contributed by atoms with Crippen molar-refractivity contribution in [1.29, 1.82) is 0 Å². The van der Waals surface area contributed by atoms with Crippen LogP contribution in [0.15, 0.2) is 36.0 Å². The molecular formula is C19H26ClN3O3. The molecule has 1 saturated heterocycles. The molecule has 2 rings (SSSR count). The van der Waals surface area contributed by atoms with Gasteiger partial charge >= 0.3 is 5.97 Å². The Balaban J connectivity index is 2.00. The molecule has 0 bridgehead atoms. The molecule has 1 atom stereocenters. The monoisotopic (exact) mass is 379 g/mol. The van der Waals surface area contributed by atoms with Gasteiger partial charge in [-0.25, -0.2) is 0 Å². The average molecular weight is 380 g/mol. The van der Waals surface area contributed by atoms with Crippen molar-refractivity contribution >= 4 is 23.4 Å². The van der Waals surface area contributed by atoms with E-state index < -0.39 is 5.92 Å². The standard InChI is InChI=1S/C19H26ClN3O3/c1-22-7-9-23(10-8-22)13-15(19(25)26-2)11-17(21)12-18(24)14-3-5-16(20)6-4-14/h3-6,12,15H,7-11,13,21H2,1-2H3/b17-12-. The number of ketones is 1. The second kappa shape index (κ2) is 9.71. The van der Waals surface area contributed by atoms with E-state index in [0.29, 0.717) is 29.2 Å². The number of nitrogens with two attached hydrogens (primary N) is 1. The molecule has 0 saturated carbocycles. The largest absolute Gasteiger partial charge is 0.469 e. The van der Waals surface area contributed by atoms with Gasteiger partial charge in [0.15, 0.2) is 5.78 Å². The van der Waals surface area contributed by atoms with Crippen LogP contribution >= 0.6 is 11.6 Å². The van der Waals surface area contributed by atoms with Crippen LogP contribution in [0.1, 0.15) is 16.8 Å². The van der Waals surface area contributed by atoms with Gasteiger partial charge in [-0.05, 0) is 31.3 Å². The summed E-state index contributed by atoms with van der Waals surface area (Å²) in [7, 11) is 3.45. The summed E-state index contributed by atoms with van der Waals surface area (Å²) in [5, 5.41) is 0.566. The van der Waals surface area contributed by atoms with Gasteiger partial charge in [0, 0.05) is 61.5 Å². The van der Waals surface area contributed by atoms with Crippen LogP contribution in [-0.4, -0.2) is 68.4 Å². The Morgan fingerprint density at radius 1 is 1.23 bits per heavy atom. The van der Waals surface area contributed by atoms with Gasteiger partial charge in [0.1, 0.15) is 0 Å². The van der Waals surface area contributed by atoms with E-state index in [9.17, 15) is 9.59 Å². The topological polar surface area (TPSA) is 75.9 Å². The van der Waals surface area contributed by atoms with Crippen LogP contribution in [0.5, 0.6) is 0 Å². The highest BCUT2D eigenvalue weighted by atomic mass is 35.5. The normalized spacial score (nSPS) is 17.7. The van der Waals surface area contributed by atoms with Crippen LogP contribution in [0.4, 0.5) is 0 Å². The number of carbonyl (C=O) groups excluding carboxylic acids is 2. The SMILES string of the molecule is COC(=O)C(C/C(N)=C/C(=O)c1ccc(Cl)cc1)CN1CCN(C)CC1. The molecular weight excluding hydrogens is 354 g/mol. The van der Waals surface area contributed by atoms with Crippen molar-refractivity contribution < 1.29 is 14.3 Å². The molecule has 0 radical (unpaired) electrons. The summed E-state index contributed by atoms with van der Waals surface area (Å²) in [6.07, 6.45) is 1.67. The molecule has 1 aromatic rings. The summed E-state index contributed by atoms with van der Waals surface area (Å²) in [4.78, 5) is 28.9. The molecule has 0 spiro atoms. The van der Waals surface area contributed by atoms with Gasteiger partial charge in [0.25, 0.3) is 0 Å². The predicted molar refractivity (Wildman–Crippen MR) is 102 cm³/mol.